The second-order valence-electron chi connectivity index (χ2n) is 5.98. The van der Waals surface area contributed by atoms with Gasteiger partial charge in [-0.1, -0.05) is 76.5 Å². The largest absolute Gasteiger partial charge is 0.326 e. The molecule has 1 atom stereocenters. The highest BCUT2D eigenvalue weighted by atomic mass is 31.2. The van der Waals surface area contributed by atoms with E-state index >= 15 is 0 Å². The molecule has 0 aliphatic heterocycles. The van der Waals surface area contributed by atoms with Crippen LogP contribution in [0.5, 0.6) is 0 Å². The maximum Gasteiger partial charge on any atom is 0.232 e. The molecule has 0 N–H and O–H groups in total. The van der Waals surface area contributed by atoms with E-state index < -0.39 is 7.37 Å². The summed E-state index contributed by atoms with van der Waals surface area (Å²) in [6.07, 6.45) is 12.2. The number of benzene rings is 1. The fourth-order valence-corrected chi connectivity index (χ4v) is 4.98. The summed E-state index contributed by atoms with van der Waals surface area (Å²) in [5.74, 6) is 0. The average Bonchev–Trinajstić information content (AvgIpc) is 2.54. The first-order valence-electron chi connectivity index (χ1n) is 9.02. The molecule has 1 rings (SSSR count). The Morgan fingerprint density at radius 3 is 1.91 bits per heavy atom. The highest BCUT2D eigenvalue weighted by Crippen LogP contribution is 2.46. The van der Waals surface area contributed by atoms with Gasteiger partial charge >= 0.3 is 0 Å². The van der Waals surface area contributed by atoms with Crippen molar-refractivity contribution in [3.05, 3.63) is 30.3 Å². The third kappa shape index (κ3) is 7.61. The summed E-state index contributed by atoms with van der Waals surface area (Å²) in [4.78, 5) is 0. The smallest absolute Gasteiger partial charge is 0.232 e. The molecule has 0 aliphatic rings. The molecule has 0 bridgehead atoms. The molecule has 0 aliphatic carbocycles. The Bertz CT molecular complexity index is 417. The van der Waals surface area contributed by atoms with Crippen LogP contribution in [-0.4, -0.2) is 12.8 Å². The third-order valence-corrected chi connectivity index (χ3v) is 6.71. The van der Waals surface area contributed by atoms with Crippen LogP contribution >= 0.6 is 7.37 Å². The van der Waals surface area contributed by atoms with Crippen LogP contribution in [-0.2, 0) is 9.09 Å². The van der Waals surface area contributed by atoms with Gasteiger partial charge in [-0.25, -0.2) is 0 Å². The van der Waals surface area contributed by atoms with E-state index in [9.17, 15) is 4.57 Å². The van der Waals surface area contributed by atoms with Crippen LogP contribution in [0.4, 0.5) is 0 Å². The number of hydrogen-bond donors (Lipinski definition) is 0. The first-order chi connectivity index (χ1) is 10.7. The molecule has 1 aromatic carbocycles. The summed E-state index contributed by atoms with van der Waals surface area (Å²) < 4.78 is 18.6. The highest BCUT2D eigenvalue weighted by Gasteiger charge is 2.24. The van der Waals surface area contributed by atoms with Gasteiger partial charge < -0.3 is 4.52 Å². The van der Waals surface area contributed by atoms with Crippen LogP contribution < -0.4 is 5.30 Å². The van der Waals surface area contributed by atoms with Gasteiger partial charge in [0.2, 0.25) is 7.37 Å². The van der Waals surface area contributed by atoms with Crippen molar-refractivity contribution >= 4 is 12.7 Å². The van der Waals surface area contributed by atoms with E-state index in [0.29, 0.717) is 12.8 Å². The SMILES string of the molecule is CCCCCCCCCCCP(=O)(OCC)c1ccccc1. The summed E-state index contributed by atoms with van der Waals surface area (Å²) in [5, 5.41) is 0.872. The minimum Gasteiger partial charge on any atom is -0.326 e. The fraction of sp³-hybridized carbons (Fsp3) is 0.684. The molecule has 0 heterocycles. The van der Waals surface area contributed by atoms with Gasteiger partial charge in [0, 0.05) is 11.5 Å². The molecule has 0 radical (unpaired) electrons. The lowest BCUT2D eigenvalue weighted by atomic mass is 10.1. The summed E-state index contributed by atoms with van der Waals surface area (Å²) in [7, 11) is -2.64. The average molecular weight is 324 g/mol. The predicted octanol–water partition coefficient (Wildman–Crippen LogP) is 6.16. The van der Waals surface area contributed by atoms with Gasteiger partial charge in [0.25, 0.3) is 0 Å². The molecule has 0 spiro atoms. The molecular formula is C19H33O2P. The van der Waals surface area contributed by atoms with E-state index in [-0.39, 0.29) is 0 Å². The first kappa shape index (κ1) is 19.5. The molecule has 0 amide bonds. The molecule has 3 heteroatoms. The van der Waals surface area contributed by atoms with Gasteiger partial charge in [0.1, 0.15) is 0 Å². The van der Waals surface area contributed by atoms with Crippen molar-refractivity contribution in [2.45, 2.75) is 71.6 Å². The predicted molar refractivity (Wildman–Crippen MR) is 97.4 cm³/mol. The van der Waals surface area contributed by atoms with Crippen LogP contribution in [0.3, 0.4) is 0 Å². The van der Waals surface area contributed by atoms with Crippen molar-refractivity contribution in [2.75, 3.05) is 12.8 Å². The molecule has 0 saturated heterocycles. The van der Waals surface area contributed by atoms with Gasteiger partial charge in [-0.05, 0) is 25.5 Å². The van der Waals surface area contributed by atoms with Crippen molar-refractivity contribution < 1.29 is 9.09 Å². The van der Waals surface area contributed by atoms with Crippen LogP contribution in [0.25, 0.3) is 0 Å². The van der Waals surface area contributed by atoms with Crippen molar-refractivity contribution in [1.29, 1.82) is 0 Å². The molecule has 0 aromatic heterocycles. The van der Waals surface area contributed by atoms with E-state index in [1.54, 1.807) is 0 Å². The minimum atomic E-state index is -2.64. The monoisotopic (exact) mass is 324 g/mol. The van der Waals surface area contributed by atoms with Crippen LogP contribution in [0.1, 0.15) is 71.6 Å². The lowest BCUT2D eigenvalue weighted by molar-refractivity contribution is 0.339. The topological polar surface area (TPSA) is 26.3 Å². The molecule has 22 heavy (non-hydrogen) atoms. The minimum absolute atomic E-state index is 0.517. The number of unbranched alkanes of at least 4 members (excludes halogenated alkanes) is 8. The zero-order valence-electron chi connectivity index (χ0n) is 14.4. The second-order valence-corrected chi connectivity index (χ2v) is 8.55. The lowest BCUT2D eigenvalue weighted by Gasteiger charge is -2.18. The lowest BCUT2D eigenvalue weighted by Crippen LogP contribution is -2.10. The maximum atomic E-state index is 13.0. The summed E-state index contributed by atoms with van der Waals surface area (Å²) in [6, 6.07) is 9.71. The second kappa shape index (κ2) is 11.9. The summed E-state index contributed by atoms with van der Waals surface area (Å²) in [5.41, 5.74) is 0. The van der Waals surface area contributed by atoms with Gasteiger partial charge in [0.15, 0.2) is 0 Å². The Morgan fingerprint density at radius 1 is 0.818 bits per heavy atom. The van der Waals surface area contributed by atoms with Crippen LogP contribution in [0, 0.1) is 0 Å². The summed E-state index contributed by atoms with van der Waals surface area (Å²) in [6.45, 7) is 4.69. The number of rotatable bonds is 13. The quantitative estimate of drug-likeness (QED) is 0.321. The molecule has 0 fully saturated rings. The fourth-order valence-electron chi connectivity index (χ4n) is 2.76. The van der Waals surface area contributed by atoms with Gasteiger partial charge in [0.05, 0.1) is 6.61 Å². The van der Waals surface area contributed by atoms with E-state index in [2.05, 4.69) is 6.92 Å². The Morgan fingerprint density at radius 2 is 1.36 bits per heavy atom. The zero-order valence-corrected chi connectivity index (χ0v) is 15.3. The van der Waals surface area contributed by atoms with Gasteiger partial charge in [-0.2, -0.15) is 0 Å². The van der Waals surface area contributed by atoms with E-state index in [0.717, 1.165) is 18.1 Å². The van der Waals surface area contributed by atoms with E-state index in [4.69, 9.17) is 4.52 Å². The zero-order chi connectivity index (χ0) is 16.1. The van der Waals surface area contributed by atoms with Crippen LogP contribution in [0.2, 0.25) is 0 Å². The standard InChI is InChI=1S/C19H33O2P/c1-3-5-6-7-8-9-10-11-15-18-22(20,21-4-2)19-16-13-12-14-17-19/h12-14,16-17H,3-11,15,18H2,1-2H3. The molecule has 2 nitrogen and oxygen atoms in total. The van der Waals surface area contributed by atoms with Crippen molar-refractivity contribution in [1.82, 2.24) is 0 Å². The normalized spacial score (nSPS) is 13.9. The highest BCUT2D eigenvalue weighted by molar-refractivity contribution is 7.67. The van der Waals surface area contributed by atoms with Gasteiger partial charge in [-0.3, -0.25) is 4.57 Å². The molecule has 126 valence electrons. The van der Waals surface area contributed by atoms with Crippen molar-refractivity contribution in [3.8, 4) is 0 Å². The first-order valence-corrected chi connectivity index (χ1v) is 10.8. The molecule has 1 aromatic rings. The van der Waals surface area contributed by atoms with Crippen molar-refractivity contribution in [2.24, 2.45) is 0 Å². The molecule has 1 unspecified atom stereocenters. The van der Waals surface area contributed by atoms with E-state index in [1.807, 2.05) is 37.3 Å². The number of hydrogen-bond acceptors (Lipinski definition) is 2. The maximum absolute atomic E-state index is 13.0. The molecular weight excluding hydrogens is 291 g/mol. The van der Waals surface area contributed by atoms with Crippen molar-refractivity contribution in [3.63, 3.8) is 0 Å². The Hall–Kier alpha value is -0.590. The Labute approximate surface area is 137 Å². The van der Waals surface area contributed by atoms with Gasteiger partial charge in [-0.15, -0.1) is 0 Å². The van der Waals surface area contributed by atoms with E-state index in [1.165, 1.54) is 44.9 Å². The van der Waals surface area contributed by atoms with Crippen LogP contribution in [0.15, 0.2) is 30.3 Å². The Kier molecular flexibility index (Phi) is 10.5. The molecule has 0 saturated carbocycles. The Balaban J connectivity index is 2.24. The summed E-state index contributed by atoms with van der Waals surface area (Å²) >= 11 is 0. The third-order valence-electron chi connectivity index (χ3n) is 4.04.